The molecule has 3 saturated heterocycles. The summed E-state index contributed by atoms with van der Waals surface area (Å²) in [5.41, 5.74) is -0.373. The number of nitrogens with one attached hydrogen (secondary N) is 1. The molecule has 0 aromatic heterocycles. The third-order valence-electron chi connectivity index (χ3n) is 8.12. The Morgan fingerprint density at radius 1 is 0.974 bits per heavy atom. The van der Waals surface area contributed by atoms with Gasteiger partial charge in [0.15, 0.2) is 0 Å². The van der Waals surface area contributed by atoms with E-state index in [-0.39, 0.29) is 17.4 Å². The molecule has 3 aliphatic heterocycles. The second-order valence-electron chi connectivity index (χ2n) is 10.9. The number of piperidine rings is 3. The number of hydrogen-bond donors (Lipinski definition) is 1. The third-order valence-corrected chi connectivity index (χ3v) is 8.34. The molecular formula is C29H42ClF3N4O. The Morgan fingerprint density at radius 3 is 2.21 bits per heavy atom. The lowest BCUT2D eigenvalue weighted by atomic mass is 9.97. The summed E-state index contributed by atoms with van der Waals surface area (Å²) in [6.07, 6.45) is 7.58. The molecule has 0 bridgehead atoms. The van der Waals surface area contributed by atoms with Gasteiger partial charge in [-0.1, -0.05) is 24.9 Å². The van der Waals surface area contributed by atoms with Gasteiger partial charge in [-0.15, -0.1) is 0 Å². The summed E-state index contributed by atoms with van der Waals surface area (Å²) in [5.74, 6) is 0.862. The van der Waals surface area contributed by atoms with Gasteiger partial charge in [0.25, 0.3) is 0 Å². The summed E-state index contributed by atoms with van der Waals surface area (Å²) in [6.45, 7) is 7.52. The van der Waals surface area contributed by atoms with Crippen molar-refractivity contribution < 1.29 is 18.0 Å². The molecule has 5 nitrogen and oxygen atoms in total. The highest BCUT2D eigenvalue weighted by molar-refractivity contribution is 6.30. The number of hydrogen-bond acceptors (Lipinski definition) is 4. The number of halogens is 4. The summed E-state index contributed by atoms with van der Waals surface area (Å²) >= 11 is 6.09. The molecule has 0 saturated carbocycles. The van der Waals surface area contributed by atoms with Crippen LogP contribution in [0, 0.1) is 0 Å². The van der Waals surface area contributed by atoms with E-state index in [1.165, 1.54) is 25.7 Å². The summed E-state index contributed by atoms with van der Waals surface area (Å²) in [7, 11) is 0. The highest BCUT2D eigenvalue weighted by Gasteiger charge is 2.34. The standard InChI is InChI=1S/C29H42ClF3N4O/c1-2-9-27(36-14-7-4-8-15-36)34-26(20-22-18-23(29(31,32)33)21-24(30)19-22)28(38)37-16-10-25(11-17-37)35-12-5-3-6-13-35/h9,18-19,21,25-26,34H,2-8,10-17,20H2,1H3/b27-9-. The molecule has 212 valence electrons. The van der Waals surface area contributed by atoms with Crippen LogP contribution in [0.1, 0.15) is 75.8 Å². The van der Waals surface area contributed by atoms with Crippen molar-refractivity contribution >= 4 is 17.5 Å². The molecule has 4 rings (SSSR count). The third kappa shape index (κ3) is 7.81. The molecule has 1 aromatic rings. The largest absolute Gasteiger partial charge is 0.416 e. The lowest BCUT2D eigenvalue weighted by Crippen LogP contribution is -2.54. The first-order valence-corrected chi connectivity index (χ1v) is 14.7. The van der Waals surface area contributed by atoms with E-state index in [1.54, 1.807) is 6.07 Å². The average Bonchev–Trinajstić information content (AvgIpc) is 2.92. The van der Waals surface area contributed by atoms with Gasteiger partial charge in [-0.2, -0.15) is 13.2 Å². The van der Waals surface area contributed by atoms with Crippen LogP contribution in [-0.4, -0.2) is 72.0 Å². The van der Waals surface area contributed by atoms with E-state index in [9.17, 15) is 18.0 Å². The molecule has 3 heterocycles. The quantitative estimate of drug-likeness (QED) is 0.423. The van der Waals surface area contributed by atoms with Crippen molar-refractivity contribution in [1.82, 2.24) is 20.0 Å². The number of allylic oxidation sites excluding steroid dienone is 1. The Balaban J connectivity index is 1.52. The van der Waals surface area contributed by atoms with Gasteiger partial charge in [0.2, 0.25) is 5.91 Å². The number of nitrogens with zero attached hydrogens (tertiary/aromatic N) is 3. The van der Waals surface area contributed by atoms with E-state index in [4.69, 9.17) is 11.6 Å². The zero-order valence-corrected chi connectivity index (χ0v) is 23.3. The van der Waals surface area contributed by atoms with Crippen molar-refractivity contribution in [3.63, 3.8) is 0 Å². The predicted octanol–water partition coefficient (Wildman–Crippen LogP) is 6.07. The number of carbonyl (C=O) groups is 1. The summed E-state index contributed by atoms with van der Waals surface area (Å²) < 4.78 is 40.5. The highest BCUT2D eigenvalue weighted by atomic mass is 35.5. The first kappa shape index (κ1) is 29.1. The van der Waals surface area contributed by atoms with Crippen molar-refractivity contribution in [2.24, 2.45) is 0 Å². The van der Waals surface area contributed by atoms with Crippen molar-refractivity contribution in [1.29, 1.82) is 0 Å². The molecule has 9 heteroatoms. The van der Waals surface area contributed by atoms with Crippen LogP contribution in [0.3, 0.4) is 0 Å². The number of likely N-dealkylation sites (tertiary alicyclic amines) is 3. The van der Waals surface area contributed by atoms with E-state index in [0.29, 0.717) is 24.7 Å². The maximum Gasteiger partial charge on any atom is 0.416 e. The van der Waals surface area contributed by atoms with Gasteiger partial charge < -0.3 is 20.0 Å². The average molecular weight is 555 g/mol. The van der Waals surface area contributed by atoms with Gasteiger partial charge in [0.1, 0.15) is 6.04 Å². The number of carbonyl (C=O) groups excluding carboxylic acids is 1. The topological polar surface area (TPSA) is 38.8 Å². The van der Waals surface area contributed by atoms with Gasteiger partial charge in [-0.25, -0.2) is 0 Å². The van der Waals surface area contributed by atoms with Crippen LogP contribution in [-0.2, 0) is 17.4 Å². The molecule has 0 spiro atoms. The molecule has 3 aliphatic rings. The van der Waals surface area contributed by atoms with E-state index < -0.39 is 17.8 Å². The van der Waals surface area contributed by atoms with Crippen LogP contribution in [0.25, 0.3) is 0 Å². The minimum atomic E-state index is -4.50. The smallest absolute Gasteiger partial charge is 0.360 e. The van der Waals surface area contributed by atoms with Gasteiger partial charge in [-0.3, -0.25) is 4.79 Å². The number of alkyl halides is 3. The molecule has 1 atom stereocenters. The lowest BCUT2D eigenvalue weighted by Gasteiger charge is -2.41. The maximum atomic E-state index is 13.9. The van der Waals surface area contributed by atoms with Crippen molar-refractivity contribution in [2.45, 2.75) is 89.4 Å². The SMILES string of the molecule is CC/C=C(/NC(Cc1cc(Cl)cc(C(F)(F)F)c1)C(=O)N1CCC(N2CCCCC2)CC1)N1CCCCC1. The number of rotatable bonds is 8. The van der Waals surface area contributed by atoms with E-state index in [2.05, 4.69) is 28.1 Å². The first-order chi connectivity index (χ1) is 18.2. The van der Waals surface area contributed by atoms with Gasteiger partial charge in [-0.05, 0) is 94.3 Å². The fourth-order valence-electron chi connectivity index (χ4n) is 6.11. The zero-order valence-electron chi connectivity index (χ0n) is 22.5. The fourth-order valence-corrected chi connectivity index (χ4v) is 6.37. The van der Waals surface area contributed by atoms with Crippen molar-refractivity contribution in [2.75, 3.05) is 39.3 Å². The molecule has 0 radical (unpaired) electrons. The van der Waals surface area contributed by atoms with E-state index >= 15 is 0 Å². The normalized spacial score (nSPS) is 21.4. The van der Waals surface area contributed by atoms with Crippen LogP contribution in [0.15, 0.2) is 30.1 Å². The first-order valence-electron chi connectivity index (χ1n) is 14.4. The Kier molecular flexibility index (Phi) is 10.3. The molecule has 1 amide bonds. The molecule has 38 heavy (non-hydrogen) atoms. The van der Waals surface area contributed by atoms with E-state index in [0.717, 1.165) is 76.2 Å². The Bertz CT molecular complexity index is 950. The fraction of sp³-hybridized carbons (Fsp3) is 0.690. The summed E-state index contributed by atoms with van der Waals surface area (Å²) in [5, 5.41) is 3.51. The van der Waals surface area contributed by atoms with Crippen LogP contribution < -0.4 is 5.32 Å². The predicted molar refractivity (Wildman–Crippen MR) is 146 cm³/mol. The summed E-state index contributed by atoms with van der Waals surface area (Å²) in [6, 6.07) is 3.46. The lowest BCUT2D eigenvalue weighted by molar-refractivity contribution is -0.137. The Morgan fingerprint density at radius 2 is 1.61 bits per heavy atom. The molecule has 1 N–H and O–H groups in total. The Hall–Kier alpha value is -1.93. The minimum Gasteiger partial charge on any atom is -0.360 e. The molecule has 0 aliphatic carbocycles. The molecule has 1 unspecified atom stereocenters. The minimum absolute atomic E-state index is 0.0312. The molecule has 1 aromatic carbocycles. The Labute approximate surface area is 230 Å². The molecular weight excluding hydrogens is 513 g/mol. The van der Waals surface area contributed by atoms with Gasteiger partial charge in [0, 0.05) is 43.7 Å². The number of amides is 1. The van der Waals surface area contributed by atoms with Gasteiger partial charge >= 0.3 is 6.18 Å². The van der Waals surface area contributed by atoms with Crippen LogP contribution >= 0.6 is 11.6 Å². The molecule has 3 fully saturated rings. The van der Waals surface area contributed by atoms with Crippen molar-refractivity contribution in [3.8, 4) is 0 Å². The number of benzene rings is 1. The van der Waals surface area contributed by atoms with Crippen LogP contribution in [0.5, 0.6) is 0 Å². The zero-order chi connectivity index (χ0) is 27.1. The monoisotopic (exact) mass is 554 g/mol. The highest BCUT2D eigenvalue weighted by Crippen LogP contribution is 2.32. The summed E-state index contributed by atoms with van der Waals surface area (Å²) in [4.78, 5) is 20.7. The second-order valence-corrected chi connectivity index (χ2v) is 11.4. The van der Waals surface area contributed by atoms with Crippen molar-refractivity contribution in [3.05, 3.63) is 46.2 Å². The van der Waals surface area contributed by atoms with Crippen LogP contribution in [0.4, 0.5) is 13.2 Å². The van der Waals surface area contributed by atoms with E-state index in [1.807, 2.05) is 4.90 Å². The van der Waals surface area contributed by atoms with Gasteiger partial charge in [0.05, 0.1) is 11.4 Å². The second kappa shape index (κ2) is 13.4. The van der Waals surface area contributed by atoms with Crippen LogP contribution in [0.2, 0.25) is 5.02 Å². The maximum absolute atomic E-state index is 13.9.